The summed E-state index contributed by atoms with van der Waals surface area (Å²) in [6, 6.07) is 13.6. The van der Waals surface area contributed by atoms with E-state index in [2.05, 4.69) is 56.5 Å². The number of hydrogen-bond donors (Lipinski definition) is 2. The number of aryl methyl sites for hydroxylation is 1. The van der Waals surface area contributed by atoms with Crippen LogP contribution in [0.25, 0.3) is 0 Å². The minimum absolute atomic E-state index is 0.419. The summed E-state index contributed by atoms with van der Waals surface area (Å²) in [5.41, 5.74) is 8.32. The predicted molar refractivity (Wildman–Crippen MR) is 163 cm³/mol. The van der Waals surface area contributed by atoms with Crippen LogP contribution >= 0.6 is 24.2 Å². The van der Waals surface area contributed by atoms with Gasteiger partial charge >= 0.3 is 0 Å². The largest absolute Gasteiger partial charge is 0.491 e. The van der Waals surface area contributed by atoms with Gasteiger partial charge in [0.05, 0.1) is 12.3 Å². The Labute approximate surface area is 235 Å². The minimum Gasteiger partial charge on any atom is -0.491 e. The Kier molecular flexibility index (Phi) is 14.6. The van der Waals surface area contributed by atoms with Crippen LogP contribution < -0.4 is 15.4 Å². The normalized spacial score (nSPS) is 13.0. The van der Waals surface area contributed by atoms with E-state index in [9.17, 15) is 4.79 Å². The number of amides is 1. The van der Waals surface area contributed by atoms with Gasteiger partial charge in [0.15, 0.2) is 0 Å². The number of carbonyl (C=O) groups excluding carboxylic acids is 1. The number of ether oxygens (including phenoxy) is 1. The third kappa shape index (κ3) is 11.4. The number of anilines is 1. The Hall–Kier alpha value is -2.11. The molecule has 2 atom stereocenters. The molecule has 0 spiro atoms. The van der Waals surface area contributed by atoms with Crippen molar-refractivity contribution in [2.45, 2.75) is 65.7 Å². The Morgan fingerprint density at radius 1 is 1.16 bits per heavy atom. The third-order valence-electron chi connectivity index (χ3n) is 6.79. The highest BCUT2D eigenvalue weighted by molar-refractivity contribution is 7.80. The molecule has 2 aromatic rings. The lowest BCUT2D eigenvalue weighted by Gasteiger charge is -2.30. The highest BCUT2D eigenvalue weighted by atomic mass is 35.5. The summed E-state index contributed by atoms with van der Waals surface area (Å²) >= 11 is 10.5. The second-order valence-electron chi connectivity index (χ2n) is 9.87. The zero-order valence-corrected chi connectivity index (χ0v) is 24.4. The van der Waals surface area contributed by atoms with E-state index in [1.54, 1.807) is 6.07 Å². The Morgan fingerprint density at radius 2 is 1.97 bits per heavy atom. The number of allylic oxidation sites excluding steroid dienone is 2. The van der Waals surface area contributed by atoms with E-state index >= 15 is 0 Å². The van der Waals surface area contributed by atoms with Crippen LogP contribution in [0.2, 0.25) is 5.02 Å². The van der Waals surface area contributed by atoms with Crippen molar-refractivity contribution in [3.8, 4) is 5.75 Å². The molecule has 204 valence electrons. The molecule has 0 aliphatic carbocycles. The van der Waals surface area contributed by atoms with Crippen molar-refractivity contribution in [2.24, 2.45) is 17.6 Å². The summed E-state index contributed by atoms with van der Waals surface area (Å²) in [5.74, 6) is 2.48. The van der Waals surface area contributed by atoms with Gasteiger partial charge < -0.3 is 15.4 Å². The highest BCUT2D eigenvalue weighted by Crippen LogP contribution is 2.31. The summed E-state index contributed by atoms with van der Waals surface area (Å²) in [7, 11) is 0. The number of carbonyl (C=O) groups is 1. The van der Waals surface area contributed by atoms with Crippen LogP contribution in [0.4, 0.5) is 5.69 Å². The monoisotopic (exact) mass is 544 g/mol. The van der Waals surface area contributed by atoms with Crippen molar-refractivity contribution in [1.82, 2.24) is 0 Å². The zero-order valence-electron chi connectivity index (χ0n) is 22.8. The van der Waals surface area contributed by atoms with Crippen molar-refractivity contribution in [2.75, 3.05) is 30.3 Å². The smallest absolute Gasteiger partial charge is 0.248 e. The lowest BCUT2D eigenvalue weighted by Crippen LogP contribution is -2.30. The molecule has 0 heterocycles. The number of benzene rings is 2. The van der Waals surface area contributed by atoms with Crippen molar-refractivity contribution < 1.29 is 9.53 Å². The first-order chi connectivity index (χ1) is 17.9. The summed E-state index contributed by atoms with van der Waals surface area (Å²) < 4.78 is 6.24. The lowest BCUT2D eigenvalue weighted by atomic mass is 9.98. The average Bonchev–Trinajstić information content (AvgIpc) is 2.90. The van der Waals surface area contributed by atoms with E-state index in [1.807, 2.05) is 30.3 Å². The molecular weight excluding hydrogens is 500 g/mol. The third-order valence-corrected chi connectivity index (χ3v) is 7.65. The summed E-state index contributed by atoms with van der Waals surface area (Å²) in [4.78, 5) is 14.3. The van der Waals surface area contributed by atoms with Crippen LogP contribution in [0, 0.1) is 11.8 Å². The topological polar surface area (TPSA) is 55.6 Å². The average molecular weight is 545 g/mol. The summed E-state index contributed by atoms with van der Waals surface area (Å²) in [6.45, 7) is 9.00. The molecule has 2 aromatic carbocycles. The molecule has 37 heavy (non-hydrogen) atoms. The van der Waals surface area contributed by atoms with E-state index in [0.717, 1.165) is 80.2 Å². The van der Waals surface area contributed by atoms with Gasteiger partial charge in [-0.2, -0.15) is 12.6 Å². The van der Waals surface area contributed by atoms with E-state index in [4.69, 9.17) is 22.1 Å². The first-order valence-corrected chi connectivity index (χ1v) is 14.7. The number of hydrogen-bond acceptors (Lipinski definition) is 4. The van der Waals surface area contributed by atoms with Gasteiger partial charge in [0.25, 0.3) is 0 Å². The van der Waals surface area contributed by atoms with E-state index in [1.165, 1.54) is 5.56 Å². The van der Waals surface area contributed by atoms with Crippen LogP contribution in [0.15, 0.2) is 54.6 Å². The van der Waals surface area contributed by atoms with Gasteiger partial charge in [-0.05, 0) is 98.9 Å². The minimum atomic E-state index is -0.419. The molecule has 2 N–H and O–H groups in total. The van der Waals surface area contributed by atoms with Crippen molar-refractivity contribution in [1.29, 1.82) is 0 Å². The molecule has 0 unspecified atom stereocenters. The molecule has 2 rings (SSSR count). The molecule has 0 aromatic heterocycles. The summed E-state index contributed by atoms with van der Waals surface area (Å²) in [5, 5.41) is 0.775. The SMILES string of the molecule is CC[C@H](CC/C=C/C[C@H](C)CS)CN(CC)c1cc(C(N)=O)ccc1OCCCCc1cccc(Cl)c1. The fraction of sp³-hybridized carbons (Fsp3) is 0.516. The van der Waals surface area contributed by atoms with Crippen LogP contribution in [0.1, 0.15) is 75.2 Å². The van der Waals surface area contributed by atoms with Gasteiger partial charge in [-0.25, -0.2) is 0 Å². The number of nitrogens with zero attached hydrogens (tertiary/aromatic N) is 1. The van der Waals surface area contributed by atoms with Gasteiger partial charge in [0.2, 0.25) is 5.91 Å². The van der Waals surface area contributed by atoms with Gasteiger partial charge in [-0.1, -0.05) is 56.2 Å². The van der Waals surface area contributed by atoms with Crippen LogP contribution in [-0.2, 0) is 6.42 Å². The molecule has 0 bridgehead atoms. The van der Waals surface area contributed by atoms with E-state index in [0.29, 0.717) is 24.0 Å². The maximum Gasteiger partial charge on any atom is 0.248 e. The number of halogens is 1. The number of unbranched alkanes of at least 4 members (excludes halogenated alkanes) is 1. The van der Waals surface area contributed by atoms with Crippen molar-refractivity contribution >= 4 is 35.8 Å². The quantitative estimate of drug-likeness (QED) is 0.114. The molecule has 0 aliphatic rings. The van der Waals surface area contributed by atoms with Gasteiger partial charge in [0.1, 0.15) is 5.75 Å². The van der Waals surface area contributed by atoms with Gasteiger partial charge in [-0.3, -0.25) is 4.79 Å². The maximum absolute atomic E-state index is 11.9. The van der Waals surface area contributed by atoms with Crippen LogP contribution in [-0.4, -0.2) is 31.4 Å². The molecule has 4 nitrogen and oxygen atoms in total. The lowest BCUT2D eigenvalue weighted by molar-refractivity contribution is 0.1000. The van der Waals surface area contributed by atoms with Crippen LogP contribution in [0.5, 0.6) is 5.75 Å². The van der Waals surface area contributed by atoms with Gasteiger partial charge in [-0.15, -0.1) is 0 Å². The first-order valence-electron chi connectivity index (χ1n) is 13.7. The number of thiol groups is 1. The molecule has 0 fully saturated rings. The molecule has 1 amide bonds. The Balaban J connectivity index is 2.00. The zero-order chi connectivity index (χ0) is 27.0. The van der Waals surface area contributed by atoms with Crippen LogP contribution in [0.3, 0.4) is 0 Å². The molecule has 0 aliphatic heterocycles. The van der Waals surface area contributed by atoms with Gasteiger partial charge in [0, 0.05) is 23.7 Å². The number of nitrogens with two attached hydrogens (primary N) is 1. The number of rotatable bonds is 18. The highest BCUT2D eigenvalue weighted by Gasteiger charge is 2.17. The van der Waals surface area contributed by atoms with E-state index < -0.39 is 5.91 Å². The molecule has 6 heteroatoms. The molecule has 0 saturated carbocycles. The number of primary amides is 1. The predicted octanol–water partition coefficient (Wildman–Crippen LogP) is 7.99. The molecule has 0 saturated heterocycles. The fourth-order valence-corrected chi connectivity index (χ4v) is 4.69. The fourth-order valence-electron chi connectivity index (χ4n) is 4.33. The molecular formula is C31H45ClN2O2S. The van der Waals surface area contributed by atoms with E-state index in [-0.39, 0.29) is 0 Å². The first kappa shape index (κ1) is 31.1. The Morgan fingerprint density at radius 3 is 2.65 bits per heavy atom. The standard InChI is InChI=1S/C31H45ClN2O2S/c1-4-25(13-8-6-7-12-24(3)23-37)22-34(5-2)29-21-27(31(33)35)17-18-30(29)36-19-10-9-14-26-15-11-16-28(32)20-26/h6-7,11,15-18,20-21,24-25,37H,4-5,8-10,12-14,19,22-23H2,1-3H3,(H2,33,35)/b7-6+/t24-,25+/m0/s1. The maximum atomic E-state index is 11.9. The molecule has 0 radical (unpaired) electrons. The second kappa shape index (κ2) is 17.4. The van der Waals surface area contributed by atoms with Crippen molar-refractivity contribution in [3.05, 3.63) is 70.8 Å². The second-order valence-corrected chi connectivity index (χ2v) is 10.7. The summed E-state index contributed by atoms with van der Waals surface area (Å²) in [6.07, 6.45) is 11.9. The Bertz CT molecular complexity index is 981. The van der Waals surface area contributed by atoms with Crippen molar-refractivity contribution in [3.63, 3.8) is 0 Å².